The van der Waals surface area contributed by atoms with Gasteiger partial charge >= 0.3 is 0 Å². The predicted octanol–water partition coefficient (Wildman–Crippen LogP) is 3.10. The third-order valence-electron chi connectivity index (χ3n) is 4.80. The molecule has 3 heterocycles. The number of aromatic nitrogens is 4. The van der Waals surface area contributed by atoms with Crippen LogP contribution >= 0.6 is 0 Å². The Morgan fingerprint density at radius 3 is 2.81 bits per heavy atom. The van der Waals surface area contributed by atoms with Gasteiger partial charge in [0.15, 0.2) is 0 Å². The molecule has 140 valence electrons. The lowest BCUT2D eigenvalue weighted by Gasteiger charge is -2.27. The number of para-hydroxylation sites is 1. The summed E-state index contributed by atoms with van der Waals surface area (Å²) < 4.78 is 27.6. The Kier molecular flexibility index (Phi) is 4.55. The molecular weight excluding hydrogens is 352 g/mol. The van der Waals surface area contributed by atoms with Gasteiger partial charge in [0.05, 0.1) is 35.4 Å². The Bertz CT molecular complexity index is 1040. The largest absolute Gasteiger partial charge is 0.345 e. The maximum atomic E-state index is 13.2. The maximum Gasteiger partial charge on any atom is 0.261 e. The van der Waals surface area contributed by atoms with Gasteiger partial charge in [0, 0.05) is 12.7 Å². The summed E-state index contributed by atoms with van der Waals surface area (Å²) in [6, 6.07) is 6.56. The van der Waals surface area contributed by atoms with Crippen LogP contribution in [0.25, 0.3) is 10.9 Å². The number of anilines is 1. The van der Waals surface area contributed by atoms with E-state index in [1.807, 2.05) is 11.8 Å². The van der Waals surface area contributed by atoms with Crippen LogP contribution in [0.15, 0.2) is 41.5 Å². The van der Waals surface area contributed by atoms with E-state index in [1.165, 1.54) is 0 Å². The van der Waals surface area contributed by atoms with E-state index in [0.29, 0.717) is 35.5 Å². The van der Waals surface area contributed by atoms with Gasteiger partial charge in [-0.15, -0.1) is 0 Å². The molecule has 27 heavy (non-hydrogen) atoms. The van der Waals surface area contributed by atoms with Gasteiger partial charge in [-0.2, -0.15) is 0 Å². The molecule has 1 aromatic carbocycles. The third kappa shape index (κ3) is 3.27. The molecule has 4 rings (SSSR count). The molecule has 0 N–H and O–H groups in total. The lowest BCUT2D eigenvalue weighted by Crippen LogP contribution is -2.34. The quantitative estimate of drug-likeness (QED) is 0.705. The summed E-state index contributed by atoms with van der Waals surface area (Å²) in [7, 11) is 0. The molecule has 3 aromatic rings. The van der Waals surface area contributed by atoms with E-state index < -0.39 is 18.5 Å². The summed E-state index contributed by atoms with van der Waals surface area (Å²) in [4.78, 5) is 28.2. The van der Waals surface area contributed by atoms with Gasteiger partial charge in [-0.25, -0.2) is 18.7 Å². The Labute approximate surface area is 154 Å². The van der Waals surface area contributed by atoms with E-state index in [2.05, 4.69) is 15.0 Å². The van der Waals surface area contributed by atoms with E-state index in [9.17, 15) is 13.6 Å². The smallest absolute Gasteiger partial charge is 0.261 e. The first kappa shape index (κ1) is 17.5. The molecule has 0 aliphatic carbocycles. The van der Waals surface area contributed by atoms with E-state index >= 15 is 0 Å². The molecule has 1 atom stereocenters. The first-order chi connectivity index (χ1) is 13.0. The van der Waals surface area contributed by atoms with Crippen molar-refractivity contribution in [2.75, 3.05) is 11.4 Å². The number of fused-ring (bicyclic) bond motifs is 1. The van der Waals surface area contributed by atoms with Gasteiger partial charge in [-0.05, 0) is 31.9 Å². The molecule has 1 aliphatic rings. The van der Waals surface area contributed by atoms with Crippen LogP contribution in [-0.4, -0.2) is 32.5 Å². The van der Waals surface area contributed by atoms with Crippen molar-refractivity contribution in [2.45, 2.75) is 38.8 Å². The zero-order chi connectivity index (χ0) is 19.0. The van der Waals surface area contributed by atoms with Crippen molar-refractivity contribution in [3.63, 3.8) is 0 Å². The van der Waals surface area contributed by atoms with Crippen LogP contribution in [-0.2, 0) is 6.54 Å². The van der Waals surface area contributed by atoms with Crippen molar-refractivity contribution >= 4 is 16.7 Å². The summed E-state index contributed by atoms with van der Waals surface area (Å²) >= 11 is 0. The van der Waals surface area contributed by atoms with E-state index in [1.54, 1.807) is 36.7 Å². The minimum Gasteiger partial charge on any atom is -0.345 e. The van der Waals surface area contributed by atoms with Crippen molar-refractivity contribution in [1.29, 1.82) is 0 Å². The topological polar surface area (TPSA) is 63.9 Å². The summed E-state index contributed by atoms with van der Waals surface area (Å²) in [5.41, 5.74) is 0.859. The lowest BCUT2D eigenvalue weighted by molar-refractivity contribution is 0.123. The molecule has 2 aromatic heterocycles. The molecule has 0 saturated carbocycles. The highest BCUT2D eigenvalue weighted by Crippen LogP contribution is 2.34. The fourth-order valence-electron chi connectivity index (χ4n) is 3.65. The highest BCUT2D eigenvalue weighted by Gasteiger charge is 2.32. The number of halogens is 2. The van der Waals surface area contributed by atoms with Crippen LogP contribution in [0.5, 0.6) is 0 Å². The van der Waals surface area contributed by atoms with Gasteiger partial charge in [-0.1, -0.05) is 12.1 Å². The second-order valence-electron chi connectivity index (χ2n) is 6.66. The Morgan fingerprint density at radius 2 is 2.04 bits per heavy atom. The highest BCUT2D eigenvalue weighted by atomic mass is 19.3. The van der Waals surface area contributed by atoms with E-state index in [0.717, 1.165) is 16.7 Å². The summed E-state index contributed by atoms with van der Waals surface area (Å²) in [5.74, 6) is 1.03. The second-order valence-corrected chi connectivity index (χ2v) is 6.66. The van der Waals surface area contributed by atoms with E-state index in [4.69, 9.17) is 0 Å². The van der Waals surface area contributed by atoms with Gasteiger partial charge in [0.1, 0.15) is 11.6 Å². The molecule has 6 nitrogen and oxygen atoms in total. The number of hydrogen-bond acceptors (Lipinski definition) is 5. The molecule has 8 heteroatoms. The molecular formula is C19H19F2N5O. The van der Waals surface area contributed by atoms with Crippen molar-refractivity contribution in [1.82, 2.24) is 19.5 Å². The lowest BCUT2D eigenvalue weighted by atomic mass is 10.1. The van der Waals surface area contributed by atoms with Crippen LogP contribution in [0, 0.1) is 6.92 Å². The molecule has 1 unspecified atom stereocenters. The fourth-order valence-corrected chi connectivity index (χ4v) is 3.65. The van der Waals surface area contributed by atoms with Crippen LogP contribution in [0.4, 0.5) is 14.6 Å². The number of benzene rings is 1. The van der Waals surface area contributed by atoms with Crippen molar-refractivity contribution < 1.29 is 8.78 Å². The van der Waals surface area contributed by atoms with Crippen LogP contribution in [0.3, 0.4) is 0 Å². The molecule has 1 saturated heterocycles. The van der Waals surface area contributed by atoms with E-state index in [-0.39, 0.29) is 6.04 Å². The average molecular weight is 371 g/mol. The van der Waals surface area contributed by atoms with Crippen LogP contribution in [0.1, 0.15) is 30.4 Å². The summed E-state index contributed by atoms with van der Waals surface area (Å²) in [6.07, 6.45) is 2.25. The SMILES string of the molecule is Cc1cncc(N2CCCC2c2nc3ccccc3c(=O)n2CC(F)F)n1. The van der Waals surface area contributed by atoms with Crippen LogP contribution in [0.2, 0.25) is 0 Å². The second kappa shape index (κ2) is 7.02. The normalized spacial score (nSPS) is 17.2. The molecule has 1 aliphatic heterocycles. The monoisotopic (exact) mass is 371 g/mol. The zero-order valence-electron chi connectivity index (χ0n) is 14.8. The Morgan fingerprint density at radius 1 is 1.22 bits per heavy atom. The van der Waals surface area contributed by atoms with Gasteiger partial charge in [0.2, 0.25) is 0 Å². The van der Waals surface area contributed by atoms with Crippen molar-refractivity contribution in [2.24, 2.45) is 0 Å². The molecule has 0 amide bonds. The molecule has 0 spiro atoms. The summed E-state index contributed by atoms with van der Waals surface area (Å²) in [6.45, 7) is 1.89. The number of hydrogen-bond donors (Lipinski definition) is 0. The standard InChI is InChI=1S/C19H19F2N5O/c1-12-9-22-10-17(23-12)25-8-4-7-15(25)18-24-14-6-3-2-5-13(14)19(27)26(18)11-16(20)21/h2-3,5-6,9-10,15-16H,4,7-8,11H2,1H3. The van der Waals surface area contributed by atoms with Crippen molar-refractivity contribution in [3.8, 4) is 0 Å². The zero-order valence-corrected chi connectivity index (χ0v) is 14.8. The third-order valence-corrected chi connectivity index (χ3v) is 4.80. The molecule has 1 fully saturated rings. The molecule has 0 radical (unpaired) electrons. The minimum absolute atomic E-state index is 0.294. The number of rotatable bonds is 4. The Balaban J connectivity index is 1.87. The average Bonchev–Trinajstić information content (AvgIpc) is 3.13. The maximum absolute atomic E-state index is 13.2. The minimum atomic E-state index is -2.64. The number of aryl methyl sites for hydroxylation is 1. The Hall–Kier alpha value is -2.90. The summed E-state index contributed by atoms with van der Waals surface area (Å²) in [5, 5.41) is 0.349. The van der Waals surface area contributed by atoms with Gasteiger partial charge in [-0.3, -0.25) is 14.3 Å². The first-order valence-electron chi connectivity index (χ1n) is 8.87. The highest BCUT2D eigenvalue weighted by molar-refractivity contribution is 5.77. The first-order valence-corrected chi connectivity index (χ1v) is 8.87. The predicted molar refractivity (Wildman–Crippen MR) is 98.1 cm³/mol. The van der Waals surface area contributed by atoms with Crippen molar-refractivity contribution in [3.05, 3.63) is 58.5 Å². The number of alkyl halides is 2. The van der Waals surface area contributed by atoms with Gasteiger partial charge in [0.25, 0.3) is 12.0 Å². The number of nitrogens with zero attached hydrogens (tertiary/aromatic N) is 5. The fraction of sp³-hybridized carbons (Fsp3) is 0.368. The van der Waals surface area contributed by atoms with Gasteiger partial charge < -0.3 is 4.90 Å². The van der Waals surface area contributed by atoms with Crippen LogP contribution < -0.4 is 10.5 Å². The molecule has 0 bridgehead atoms.